The highest BCUT2D eigenvalue weighted by atomic mass is 16.2. The van der Waals surface area contributed by atoms with E-state index in [-0.39, 0.29) is 18.4 Å². The van der Waals surface area contributed by atoms with Crippen molar-refractivity contribution < 1.29 is 9.59 Å². The largest absolute Gasteiger partial charge is 0.343 e. The van der Waals surface area contributed by atoms with Crippen LogP contribution >= 0.6 is 0 Å². The Morgan fingerprint density at radius 1 is 0.786 bits per heavy atom. The third kappa shape index (κ3) is 3.96. The summed E-state index contributed by atoms with van der Waals surface area (Å²) in [4.78, 5) is 26.7. The molecule has 4 heteroatoms. The summed E-state index contributed by atoms with van der Waals surface area (Å²) in [5.74, 6) is -0.283. The van der Waals surface area contributed by atoms with Crippen molar-refractivity contribution in [3.05, 3.63) is 95.6 Å². The number of nitrogens with one attached hydrogen (secondary N) is 1. The average molecular weight is 370 g/mol. The number of carbonyl (C=O) groups excluding carboxylic acids is 2. The maximum atomic E-state index is 12.5. The van der Waals surface area contributed by atoms with Crippen LogP contribution in [-0.2, 0) is 17.8 Å². The molecule has 0 atom stereocenters. The minimum absolute atomic E-state index is 0.0153. The van der Waals surface area contributed by atoms with Crippen LogP contribution in [0.4, 0.5) is 0 Å². The van der Waals surface area contributed by atoms with Gasteiger partial charge in [-0.3, -0.25) is 9.59 Å². The van der Waals surface area contributed by atoms with E-state index in [9.17, 15) is 9.59 Å². The van der Waals surface area contributed by atoms with Crippen molar-refractivity contribution >= 4 is 11.8 Å². The number of nitrogens with zero attached hydrogens (tertiary/aromatic N) is 1. The molecular weight excluding hydrogens is 348 g/mol. The van der Waals surface area contributed by atoms with Gasteiger partial charge in [-0.2, -0.15) is 0 Å². The van der Waals surface area contributed by atoms with Gasteiger partial charge in [-0.25, -0.2) is 0 Å². The first kappa shape index (κ1) is 18.0. The van der Waals surface area contributed by atoms with Crippen LogP contribution in [0.2, 0.25) is 0 Å². The van der Waals surface area contributed by atoms with Crippen molar-refractivity contribution in [3.8, 4) is 11.1 Å². The molecule has 0 saturated heterocycles. The Morgan fingerprint density at radius 3 is 2.18 bits per heavy atom. The molecule has 0 spiro atoms. The molecule has 4 nitrogen and oxygen atoms in total. The number of amides is 2. The lowest BCUT2D eigenvalue weighted by atomic mass is 10.00. The summed E-state index contributed by atoms with van der Waals surface area (Å²) < 4.78 is 0. The molecule has 1 aliphatic rings. The first-order chi connectivity index (χ1) is 13.7. The molecule has 140 valence electrons. The van der Waals surface area contributed by atoms with Crippen molar-refractivity contribution in [1.82, 2.24) is 10.2 Å². The minimum Gasteiger partial charge on any atom is -0.343 e. The molecule has 0 fully saturated rings. The number of benzene rings is 3. The van der Waals surface area contributed by atoms with E-state index >= 15 is 0 Å². The maximum Gasteiger partial charge on any atom is 0.251 e. The summed E-state index contributed by atoms with van der Waals surface area (Å²) in [6, 6.07) is 25.6. The molecule has 4 rings (SSSR count). The van der Waals surface area contributed by atoms with Crippen LogP contribution in [0.3, 0.4) is 0 Å². The molecule has 1 N–H and O–H groups in total. The molecule has 0 bridgehead atoms. The second-order valence-electron chi connectivity index (χ2n) is 6.96. The molecule has 0 aromatic heterocycles. The summed E-state index contributed by atoms with van der Waals surface area (Å²) >= 11 is 0. The SMILES string of the molecule is O=C(NCC(=O)N1CCc2ccccc2C1)c1ccc(-c2ccccc2)cc1. The van der Waals surface area contributed by atoms with Crippen molar-refractivity contribution in [2.45, 2.75) is 13.0 Å². The Balaban J connectivity index is 1.34. The predicted molar refractivity (Wildman–Crippen MR) is 110 cm³/mol. The van der Waals surface area contributed by atoms with Gasteiger partial charge >= 0.3 is 0 Å². The lowest BCUT2D eigenvalue weighted by Crippen LogP contribution is -2.42. The van der Waals surface area contributed by atoms with Crippen molar-refractivity contribution in [1.29, 1.82) is 0 Å². The molecule has 0 radical (unpaired) electrons. The van der Waals surface area contributed by atoms with Crippen LogP contribution in [0.15, 0.2) is 78.9 Å². The van der Waals surface area contributed by atoms with E-state index in [0.717, 1.165) is 17.5 Å². The van der Waals surface area contributed by atoms with Crippen LogP contribution < -0.4 is 5.32 Å². The second-order valence-corrected chi connectivity index (χ2v) is 6.96. The van der Waals surface area contributed by atoms with Gasteiger partial charge in [-0.15, -0.1) is 0 Å². The highest BCUT2D eigenvalue weighted by molar-refractivity contribution is 5.96. The topological polar surface area (TPSA) is 49.4 Å². The quantitative estimate of drug-likeness (QED) is 0.762. The smallest absolute Gasteiger partial charge is 0.251 e. The fraction of sp³-hybridized carbons (Fsp3) is 0.167. The maximum absolute atomic E-state index is 12.5. The normalized spacial score (nSPS) is 12.9. The van der Waals surface area contributed by atoms with Gasteiger partial charge in [0.2, 0.25) is 5.91 Å². The van der Waals surface area contributed by atoms with E-state index in [1.807, 2.05) is 54.6 Å². The van der Waals surface area contributed by atoms with Crippen molar-refractivity contribution in [2.24, 2.45) is 0 Å². The molecule has 3 aromatic rings. The fourth-order valence-corrected chi connectivity index (χ4v) is 3.52. The van der Waals surface area contributed by atoms with Gasteiger partial charge in [0.15, 0.2) is 0 Å². The Morgan fingerprint density at radius 2 is 1.43 bits per heavy atom. The first-order valence-corrected chi connectivity index (χ1v) is 9.49. The molecule has 1 heterocycles. The summed E-state index contributed by atoms with van der Waals surface area (Å²) in [5.41, 5.74) is 5.20. The average Bonchev–Trinajstić information content (AvgIpc) is 2.77. The van der Waals surface area contributed by atoms with Crippen LogP contribution in [-0.4, -0.2) is 29.8 Å². The standard InChI is InChI=1S/C24H22N2O2/c27-23(26-15-14-19-8-4-5-9-22(19)17-26)16-25-24(28)21-12-10-20(11-13-21)18-6-2-1-3-7-18/h1-13H,14-17H2,(H,25,28). The van der Waals surface area contributed by atoms with Crippen molar-refractivity contribution in [3.63, 3.8) is 0 Å². The fourth-order valence-electron chi connectivity index (χ4n) is 3.52. The lowest BCUT2D eigenvalue weighted by molar-refractivity contribution is -0.131. The van der Waals surface area contributed by atoms with Gasteiger partial charge in [-0.1, -0.05) is 66.7 Å². The molecular formula is C24H22N2O2. The van der Waals surface area contributed by atoms with Gasteiger partial charge < -0.3 is 10.2 Å². The summed E-state index contributed by atoms with van der Waals surface area (Å²) in [7, 11) is 0. The highest BCUT2D eigenvalue weighted by Gasteiger charge is 2.20. The number of rotatable bonds is 4. The summed E-state index contributed by atoms with van der Waals surface area (Å²) in [6.45, 7) is 1.32. The third-order valence-electron chi connectivity index (χ3n) is 5.14. The van der Waals surface area contributed by atoms with E-state index in [2.05, 4.69) is 17.4 Å². The van der Waals surface area contributed by atoms with Crippen LogP contribution in [0, 0.1) is 0 Å². The van der Waals surface area contributed by atoms with Crippen molar-refractivity contribution in [2.75, 3.05) is 13.1 Å². The van der Waals surface area contributed by atoms with Crippen LogP contribution in [0.25, 0.3) is 11.1 Å². The van der Waals surface area contributed by atoms with Gasteiger partial charge in [0.1, 0.15) is 0 Å². The number of hydrogen-bond acceptors (Lipinski definition) is 2. The first-order valence-electron chi connectivity index (χ1n) is 9.49. The zero-order valence-corrected chi connectivity index (χ0v) is 15.6. The predicted octanol–water partition coefficient (Wildman–Crippen LogP) is 3.67. The van der Waals surface area contributed by atoms with E-state index in [1.165, 1.54) is 11.1 Å². The van der Waals surface area contributed by atoms with E-state index in [0.29, 0.717) is 18.7 Å². The molecule has 28 heavy (non-hydrogen) atoms. The minimum atomic E-state index is -0.231. The number of fused-ring (bicyclic) bond motifs is 1. The Hall–Kier alpha value is -3.40. The number of carbonyl (C=O) groups is 2. The molecule has 0 aliphatic carbocycles. The third-order valence-corrected chi connectivity index (χ3v) is 5.14. The second kappa shape index (κ2) is 8.09. The molecule has 1 aliphatic heterocycles. The van der Waals surface area contributed by atoms with E-state index in [4.69, 9.17) is 0 Å². The molecule has 2 amide bonds. The van der Waals surface area contributed by atoms with Crippen LogP contribution in [0.5, 0.6) is 0 Å². The highest BCUT2D eigenvalue weighted by Crippen LogP contribution is 2.20. The van der Waals surface area contributed by atoms with Gasteiger partial charge in [-0.05, 0) is 40.8 Å². The van der Waals surface area contributed by atoms with E-state index in [1.54, 1.807) is 17.0 Å². The van der Waals surface area contributed by atoms with Crippen LogP contribution in [0.1, 0.15) is 21.5 Å². The zero-order valence-electron chi connectivity index (χ0n) is 15.6. The Labute approximate surface area is 164 Å². The Bertz CT molecular complexity index is 981. The summed E-state index contributed by atoms with van der Waals surface area (Å²) in [5, 5.41) is 2.75. The van der Waals surface area contributed by atoms with E-state index < -0.39 is 0 Å². The van der Waals surface area contributed by atoms with Gasteiger partial charge in [0.25, 0.3) is 5.91 Å². The lowest BCUT2D eigenvalue weighted by Gasteiger charge is -2.29. The summed E-state index contributed by atoms with van der Waals surface area (Å²) in [6.07, 6.45) is 0.858. The van der Waals surface area contributed by atoms with Gasteiger partial charge in [0, 0.05) is 18.7 Å². The Kier molecular flexibility index (Phi) is 5.20. The zero-order chi connectivity index (χ0) is 19.3. The molecule has 0 saturated carbocycles. The molecule has 3 aromatic carbocycles. The molecule has 0 unspecified atom stereocenters. The van der Waals surface area contributed by atoms with Gasteiger partial charge in [0.05, 0.1) is 6.54 Å². The monoisotopic (exact) mass is 370 g/mol. The number of hydrogen-bond donors (Lipinski definition) is 1.